The van der Waals surface area contributed by atoms with E-state index in [9.17, 15) is 4.79 Å². The van der Waals surface area contributed by atoms with E-state index >= 15 is 0 Å². The highest BCUT2D eigenvalue weighted by atomic mass is 35.5. The third kappa shape index (κ3) is 3.14. The topological polar surface area (TPSA) is 59.8 Å². The monoisotopic (exact) mass is 382 g/mol. The third-order valence-corrected chi connectivity index (χ3v) is 4.32. The van der Waals surface area contributed by atoms with Gasteiger partial charge in [-0.05, 0) is 54.6 Å². The van der Waals surface area contributed by atoms with Gasteiger partial charge in [0.2, 0.25) is 5.95 Å². The summed E-state index contributed by atoms with van der Waals surface area (Å²) < 4.78 is 1.47. The van der Waals surface area contributed by atoms with Gasteiger partial charge in [-0.15, -0.1) is 0 Å². The maximum absolute atomic E-state index is 13.1. The van der Waals surface area contributed by atoms with Crippen LogP contribution in [0.4, 0.5) is 11.6 Å². The molecule has 26 heavy (non-hydrogen) atoms. The molecule has 5 nitrogen and oxygen atoms in total. The number of anilines is 2. The Morgan fingerprint density at radius 3 is 2.46 bits per heavy atom. The van der Waals surface area contributed by atoms with E-state index in [1.807, 2.05) is 12.1 Å². The number of halogens is 2. The van der Waals surface area contributed by atoms with Crippen LogP contribution in [0.5, 0.6) is 0 Å². The molecule has 0 aliphatic rings. The first-order valence-electron chi connectivity index (χ1n) is 7.77. The van der Waals surface area contributed by atoms with Gasteiger partial charge in [-0.2, -0.15) is 0 Å². The van der Waals surface area contributed by atoms with Crippen LogP contribution in [0.1, 0.15) is 0 Å². The van der Waals surface area contributed by atoms with E-state index in [0.717, 1.165) is 5.69 Å². The minimum absolute atomic E-state index is 0.234. The van der Waals surface area contributed by atoms with Crippen LogP contribution in [-0.2, 0) is 0 Å². The predicted octanol–water partition coefficient (Wildman–Crippen LogP) is 4.83. The molecule has 4 aromatic rings. The van der Waals surface area contributed by atoms with Crippen molar-refractivity contribution in [2.45, 2.75) is 0 Å². The molecule has 0 aliphatic carbocycles. The highest BCUT2D eigenvalue weighted by Gasteiger charge is 2.13. The predicted molar refractivity (Wildman–Crippen MR) is 105 cm³/mol. The molecule has 7 heteroatoms. The number of hydrogen-bond donors (Lipinski definition) is 1. The van der Waals surface area contributed by atoms with Crippen molar-refractivity contribution in [1.29, 1.82) is 0 Å². The number of aromatic nitrogens is 3. The average Bonchev–Trinajstić information content (AvgIpc) is 2.65. The SMILES string of the molecule is O=c1c2cc(Cl)ccc2nc(Nc2ccc(Cl)cc2)n1-c1cccnc1. The van der Waals surface area contributed by atoms with Gasteiger partial charge in [-0.1, -0.05) is 23.2 Å². The summed E-state index contributed by atoms with van der Waals surface area (Å²) >= 11 is 12.0. The largest absolute Gasteiger partial charge is 0.325 e. The summed E-state index contributed by atoms with van der Waals surface area (Å²) in [6.45, 7) is 0. The fraction of sp³-hybridized carbons (Fsp3) is 0. The van der Waals surface area contributed by atoms with Crippen LogP contribution >= 0.6 is 23.2 Å². The van der Waals surface area contributed by atoms with Gasteiger partial charge < -0.3 is 5.32 Å². The van der Waals surface area contributed by atoms with E-state index in [0.29, 0.717) is 32.6 Å². The Labute approximate surface area is 158 Å². The molecule has 0 atom stereocenters. The summed E-state index contributed by atoms with van der Waals surface area (Å²) in [6.07, 6.45) is 3.25. The van der Waals surface area contributed by atoms with Crippen LogP contribution in [0, 0.1) is 0 Å². The molecule has 0 bridgehead atoms. The summed E-state index contributed by atoms with van der Waals surface area (Å²) in [6, 6.07) is 15.7. The zero-order valence-electron chi connectivity index (χ0n) is 13.4. The van der Waals surface area contributed by atoms with Crippen LogP contribution in [0.25, 0.3) is 16.6 Å². The number of nitrogens with one attached hydrogen (secondary N) is 1. The number of benzene rings is 2. The van der Waals surface area contributed by atoms with Crippen molar-refractivity contribution < 1.29 is 0 Å². The number of pyridine rings is 1. The van der Waals surface area contributed by atoms with Crippen molar-refractivity contribution >= 4 is 45.7 Å². The van der Waals surface area contributed by atoms with E-state index in [1.54, 1.807) is 54.9 Å². The lowest BCUT2D eigenvalue weighted by Crippen LogP contribution is -2.23. The van der Waals surface area contributed by atoms with Crippen LogP contribution in [0.3, 0.4) is 0 Å². The van der Waals surface area contributed by atoms with Gasteiger partial charge in [0.15, 0.2) is 0 Å². The Kier molecular flexibility index (Phi) is 4.32. The van der Waals surface area contributed by atoms with E-state index in [-0.39, 0.29) is 5.56 Å². The summed E-state index contributed by atoms with van der Waals surface area (Å²) in [5, 5.41) is 4.72. The van der Waals surface area contributed by atoms with Crippen LogP contribution in [0.2, 0.25) is 10.0 Å². The minimum atomic E-state index is -0.234. The second-order valence-corrected chi connectivity index (χ2v) is 6.45. The third-order valence-electron chi connectivity index (χ3n) is 3.83. The van der Waals surface area contributed by atoms with Crippen molar-refractivity contribution in [1.82, 2.24) is 14.5 Å². The molecule has 128 valence electrons. The van der Waals surface area contributed by atoms with E-state index in [2.05, 4.69) is 15.3 Å². The molecule has 0 spiro atoms. The number of fused-ring (bicyclic) bond motifs is 1. The van der Waals surface area contributed by atoms with Gasteiger partial charge in [0.1, 0.15) is 0 Å². The Morgan fingerprint density at radius 2 is 1.73 bits per heavy atom. The summed E-state index contributed by atoms with van der Waals surface area (Å²) in [4.78, 5) is 21.8. The average molecular weight is 383 g/mol. The number of nitrogens with zero attached hydrogens (tertiary/aromatic N) is 3. The molecular formula is C19H12Cl2N4O. The second-order valence-electron chi connectivity index (χ2n) is 5.58. The van der Waals surface area contributed by atoms with Crippen LogP contribution in [-0.4, -0.2) is 14.5 Å². The van der Waals surface area contributed by atoms with E-state index in [4.69, 9.17) is 23.2 Å². The first-order chi connectivity index (χ1) is 12.6. The molecule has 0 saturated carbocycles. The van der Waals surface area contributed by atoms with E-state index in [1.165, 1.54) is 4.57 Å². The molecule has 1 N–H and O–H groups in total. The zero-order valence-corrected chi connectivity index (χ0v) is 14.9. The van der Waals surface area contributed by atoms with Crippen molar-refractivity contribution in [2.75, 3.05) is 5.32 Å². The molecule has 0 amide bonds. The highest BCUT2D eigenvalue weighted by molar-refractivity contribution is 6.31. The smallest absolute Gasteiger partial charge is 0.267 e. The molecule has 0 radical (unpaired) electrons. The maximum Gasteiger partial charge on any atom is 0.267 e. The van der Waals surface area contributed by atoms with Crippen molar-refractivity contribution in [3.05, 3.63) is 87.4 Å². The molecule has 4 rings (SSSR count). The molecule has 0 saturated heterocycles. The highest BCUT2D eigenvalue weighted by Crippen LogP contribution is 2.22. The summed E-state index contributed by atoms with van der Waals surface area (Å²) in [5.74, 6) is 0.375. The van der Waals surface area contributed by atoms with Gasteiger partial charge in [-0.3, -0.25) is 9.78 Å². The lowest BCUT2D eigenvalue weighted by Gasteiger charge is -2.15. The van der Waals surface area contributed by atoms with Gasteiger partial charge in [0.25, 0.3) is 5.56 Å². The molecule has 0 aliphatic heterocycles. The Hall–Kier alpha value is -2.89. The van der Waals surface area contributed by atoms with Crippen LogP contribution in [0.15, 0.2) is 71.8 Å². The fourth-order valence-corrected chi connectivity index (χ4v) is 2.93. The zero-order chi connectivity index (χ0) is 18.1. The molecule has 2 aromatic heterocycles. The quantitative estimate of drug-likeness (QED) is 0.551. The van der Waals surface area contributed by atoms with Gasteiger partial charge in [-0.25, -0.2) is 9.55 Å². The number of rotatable bonds is 3. The standard InChI is InChI=1S/C19H12Cl2N4O/c20-12-3-6-14(7-4-12)23-19-24-17-8-5-13(21)10-16(17)18(26)25(19)15-2-1-9-22-11-15/h1-11H,(H,23,24). The second kappa shape index (κ2) is 6.78. The lowest BCUT2D eigenvalue weighted by atomic mass is 10.2. The summed E-state index contributed by atoms with van der Waals surface area (Å²) in [7, 11) is 0. The van der Waals surface area contributed by atoms with Crippen molar-refractivity contribution in [2.24, 2.45) is 0 Å². The van der Waals surface area contributed by atoms with Crippen LogP contribution < -0.4 is 10.9 Å². The molecule has 0 unspecified atom stereocenters. The first-order valence-corrected chi connectivity index (χ1v) is 8.53. The van der Waals surface area contributed by atoms with Gasteiger partial charge >= 0.3 is 0 Å². The number of hydrogen-bond acceptors (Lipinski definition) is 4. The minimum Gasteiger partial charge on any atom is -0.325 e. The Balaban J connectivity index is 1.96. The molecule has 0 fully saturated rings. The fourth-order valence-electron chi connectivity index (χ4n) is 2.63. The molecular weight excluding hydrogens is 371 g/mol. The Bertz CT molecular complexity index is 1140. The lowest BCUT2D eigenvalue weighted by molar-refractivity contribution is 0.964. The van der Waals surface area contributed by atoms with Gasteiger partial charge in [0, 0.05) is 21.9 Å². The van der Waals surface area contributed by atoms with Crippen molar-refractivity contribution in [3.8, 4) is 5.69 Å². The Morgan fingerprint density at radius 1 is 0.962 bits per heavy atom. The molecule has 2 heterocycles. The van der Waals surface area contributed by atoms with Crippen molar-refractivity contribution in [3.63, 3.8) is 0 Å². The maximum atomic E-state index is 13.1. The first kappa shape index (κ1) is 16.6. The van der Waals surface area contributed by atoms with E-state index < -0.39 is 0 Å². The summed E-state index contributed by atoms with van der Waals surface area (Å²) in [5.41, 5.74) is 1.67. The normalized spacial score (nSPS) is 10.8. The van der Waals surface area contributed by atoms with Gasteiger partial charge in [0.05, 0.1) is 22.8 Å². The molecule has 2 aromatic carbocycles.